The molecule has 1 rings (SSSR count). The average Bonchev–Trinajstić information content (AvgIpc) is 2.64. The van der Waals surface area contributed by atoms with Crippen molar-refractivity contribution in [3.05, 3.63) is 0 Å². The number of carbonyl (C=O) groups is 2. The van der Waals surface area contributed by atoms with Gasteiger partial charge in [0.05, 0.1) is 14.2 Å². The lowest BCUT2D eigenvalue weighted by Gasteiger charge is -2.10. The second kappa shape index (κ2) is 5.82. The van der Waals surface area contributed by atoms with Gasteiger partial charge in [-0.25, -0.2) is 0 Å². The lowest BCUT2D eigenvalue weighted by atomic mass is 10.2. The number of halogens is 1. The van der Waals surface area contributed by atoms with E-state index in [0.717, 1.165) is 0 Å². The Bertz CT molecular complexity index is 199. The molecule has 1 heterocycles. The van der Waals surface area contributed by atoms with E-state index in [0.29, 0.717) is 12.8 Å². The van der Waals surface area contributed by atoms with Gasteiger partial charge in [0.25, 0.3) is 0 Å². The Kier molecular flexibility index (Phi) is 5.49. The first-order valence-electron chi connectivity index (χ1n) is 4.10. The molecule has 1 N–H and O–H groups in total. The van der Waals surface area contributed by atoms with Crippen molar-refractivity contribution < 1.29 is 19.1 Å². The van der Waals surface area contributed by atoms with Gasteiger partial charge in [0.1, 0.15) is 12.1 Å². The third-order valence-corrected chi connectivity index (χ3v) is 2.12. The van der Waals surface area contributed by atoms with Crippen molar-refractivity contribution in [2.45, 2.75) is 24.9 Å². The summed E-state index contributed by atoms with van der Waals surface area (Å²) in [4.78, 5) is 22.1. The van der Waals surface area contributed by atoms with E-state index in [9.17, 15) is 9.59 Å². The van der Waals surface area contributed by atoms with Crippen LogP contribution in [0, 0.1) is 0 Å². The third kappa shape index (κ3) is 2.85. The SMILES string of the molecule is COC(=O)[C@@H]1CC[C@@H](C(=O)OC)N1.Cl. The highest BCUT2D eigenvalue weighted by atomic mass is 35.5. The maximum Gasteiger partial charge on any atom is 0.322 e. The van der Waals surface area contributed by atoms with Crippen LogP contribution in [0.1, 0.15) is 12.8 Å². The molecular weight excluding hydrogens is 210 g/mol. The Morgan fingerprint density at radius 2 is 1.43 bits per heavy atom. The van der Waals surface area contributed by atoms with Crippen molar-refractivity contribution in [1.29, 1.82) is 0 Å². The largest absolute Gasteiger partial charge is 0.468 e. The Morgan fingerprint density at radius 1 is 1.07 bits per heavy atom. The van der Waals surface area contributed by atoms with Crippen molar-refractivity contribution in [2.24, 2.45) is 0 Å². The van der Waals surface area contributed by atoms with Crippen LogP contribution in [0.15, 0.2) is 0 Å². The Morgan fingerprint density at radius 3 is 1.71 bits per heavy atom. The minimum atomic E-state index is -0.367. The van der Waals surface area contributed by atoms with Gasteiger partial charge in [-0.1, -0.05) is 0 Å². The number of hydrogen-bond acceptors (Lipinski definition) is 5. The van der Waals surface area contributed by atoms with Crippen LogP contribution in [0.25, 0.3) is 0 Å². The summed E-state index contributed by atoms with van der Waals surface area (Å²) in [6, 6.07) is -0.733. The zero-order chi connectivity index (χ0) is 9.84. The maximum atomic E-state index is 11.0. The second-order valence-electron chi connectivity index (χ2n) is 2.90. The predicted molar refractivity (Wildman–Crippen MR) is 51.2 cm³/mol. The number of carbonyl (C=O) groups excluding carboxylic acids is 2. The molecular formula is C8H14ClNO4. The lowest BCUT2D eigenvalue weighted by Crippen LogP contribution is -2.40. The highest BCUT2D eigenvalue weighted by Crippen LogP contribution is 2.14. The Labute approximate surface area is 88.5 Å². The van der Waals surface area contributed by atoms with E-state index >= 15 is 0 Å². The molecule has 0 spiro atoms. The molecule has 0 aromatic carbocycles. The standard InChI is InChI=1S/C8H13NO4.ClH/c1-12-7(10)5-3-4-6(9-5)8(11)13-2;/h5-6,9H,3-4H2,1-2H3;1H/t5-,6-;/m0./s1. The molecule has 0 aromatic rings. The van der Waals surface area contributed by atoms with Crippen LogP contribution in [-0.4, -0.2) is 38.2 Å². The van der Waals surface area contributed by atoms with Gasteiger partial charge in [0.2, 0.25) is 0 Å². The highest BCUT2D eigenvalue weighted by molar-refractivity contribution is 5.85. The summed E-state index contributed by atoms with van der Waals surface area (Å²) in [5, 5.41) is 2.84. The lowest BCUT2D eigenvalue weighted by molar-refractivity contribution is -0.144. The van der Waals surface area contributed by atoms with Gasteiger partial charge in [-0.2, -0.15) is 0 Å². The quantitative estimate of drug-likeness (QED) is 0.661. The molecule has 1 aliphatic rings. The molecule has 1 saturated heterocycles. The van der Waals surface area contributed by atoms with Crippen molar-refractivity contribution in [3.8, 4) is 0 Å². The minimum absolute atomic E-state index is 0. The average molecular weight is 224 g/mol. The summed E-state index contributed by atoms with van der Waals surface area (Å²) >= 11 is 0. The van der Waals surface area contributed by atoms with Crippen molar-refractivity contribution >= 4 is 24.3 Å². The molecule has 14 heavy (non-hydrogen) atoms. The van der Waals surface area contributed by atoms with Crippen molar-refractivity contribution in [3.63, 3.8) is 0 Å². The predicted octanol–water partition coefficient (Wildman–Crippen LogP) is -0.125. The first-order valence-corrected chi connectivity index (χ1v) is 4.10. The van der Waals surface area contributed by atoms with E-state index in [-0.39, 0.29) is 36.4 Å². The van der Waals surface area contributed by atoms with E-state index in [4.69, 9.17) is 0 Å². The van der Waals surface area contributed by atoms with Gasteiger partial charge in [0.15, 0.2) is 0 Å². The van der Waals surface area contributed by atoms with Gasteiger partial charge in [0, 0.05) is 0 Å². The summed E-state index contributed by atoms with van der Waals surface area (Å²) in [7, 11) is 2.66. The summed E-state index contributed by atoms with van der Waals surface area (Å²) in [5.74, 6) is -0.655. The van der Waals surface area contributed by atoms with E-state index < -0.39 is 0 Å². The monoisotopic (exact) mass is 223 g/mol. The smallest absolute Gasteiger partial charge is 0.322 e. The molecule has 0 saturated carbocycles. The van der Waals surface area contributed by atoms with Crippen LogP contribution >= 0.6 is 12.4 Å². The Hall–Kier alpha value is -0.810. The van der Waals surface area contributed by atoms with Crippen molar-refractivity contribution in [1.82, 2.24) is 5.32 Å². The second-order valence-corrected chi connectivity index (χ2v) is 2.90. The number of methoxy groups -OCH3 is 2. The fraction of sp³-hybridized carbons (Fsp3) is 0.750. The molecule has 1 fully saturated rings. The van der Waals surface area contributed by atoms with Gasteiger partial charge >= 0.3 is 11.9 Å². The zero-order valence-corrected chi connectivity index (χ0v) is 8.93. The molecule has 0 aliphatic carbocycles. The molecule has 5 nitrogen and oxygen atoms in total. The summed E-state index contributed by atoms with van der Waals surface area (Å²) in [5.41, 5.74) is 0. The topological polar surface area (TPSA) is 64.6 Å². The summed E-state index contributed by atoms with van der Waals surface area (Å²) in [6.07, 6.45) is 1.24. The van der Waals surface area contributed by atoms with Crippen LogP contribution in [0.3, 0.4) is 0 Å². The summed E-state index contributed by atoms with van der Waals surface area (Å²) < 4.78 is 9.08. The molecule has 0 bridgehead atoms. The molecule has 0 unspecified atom stereocenters. The number of hydrogen-bond donors (Lipinski definition) is 1. The Balaban J connectivity index is 0.00000169. The maximum absolute atomic E-state index is 11.0. The number of nitrogens with one attached hydrogen (secondary N) is 1. The number of ether oxygens (including phenoxy) is 2. The van der Waals surface area contributed by atoms with Gasteiger partial charge < -0.3 is 9.47 Å². The minimum Gasteiger partial charge on any atom is -0.468 e. The normalized spacial score (nSPS) is 25.0. The fourth-order valence-corrected chi connectivity index (χ4v) is 1.40. The fourth-order valence-electron chi connectivity index (χ4n) is 1.40. The molecule has 0 aromatic heterocycles. The molecule has 82 valence electrons. The van der Waals surface area contributed by atoms with Gasteiger partial charge in [-0.05, 0) is 12.8 Å². The third-order valence-electron chi connectivity index (χ3n) is 2.12. The number of rotatable bonds is 2. The highest BCUT2D eigenvalue weighted by Gasteiger charge is 2.34. The van der Waals surface area contributed by atoms with Gasteiger partial charge in [-0.3, -0.25) is 14.9 Å². The van der Waals surface area contributed by atoms with Crippen LogP contribution in [0.5, 0.6) is 0 Å². The van der Waals surface area contributed by atoms with E-state index in [1.165, 1.54) is 14.2 Å². The van der Waals surface area contributed by atoms with Gasteiger partial charge in [-0.15, -0.1) is 12.4 Å². The number of esters is 2. The zero-order valence-electron chi connectivity index (χ0n) is 8.11. The first kappa shape index (κ1) is 13.2. The molecule has 1 aliphatic heterocycles. The van der Waals surface area contributed by atoms with Crippen molar-refractivity contribution in [2.75, 3.05) is 14.2 Å². The molecule has 0 amide bonds. The first-order chi connectivity index (χ1) is 6.19. The molecule has 0 radical (unpaired) electrons. The van der Waals surface area contributed by atoms with E-state index in [1.54, 1.807) is 0 Å². The van der Waals surface area contributed by atoms with E-state index in [2.05, 4.69) is 14.8 Å². The molecule has 6 heteroatoms. The summed E-state index contributed by atoms with van der Waals surface area (Å²) in [6.45, 7) is 0. The molecule has 2 atom stereocenters. The van der Waals surface area contributed by atoms with Crippen LogP contribution < -0.4 is 5.32 Å². The van der Waals surface area contributed by atoms with E-state index in [1.807, 2.05) is 0 Å². The van der Waals surface area contributed by atoms with Crippen LogP contribution in [-0.2, 0) is 19.1 Å². The van der Waals surface area contributed by atoms with Crippen LogP contribution in [0.4, 0.5) is 0 Å². The van der Waals surface area contributed by atoms with Crippen LogP contribution in [0.2, 0.25) is 0 Å².